The summed E-state index contributed by atoms with van der Waals surface area (Å²) in [5.41, 5.74) is 0.862. The molecule has 0 aromatic heterocycles. The minimum absolute atomic E-state index is 0.110. The molecule has 0 radical (unpaired) electrons. The average Bonchev–Trinajstić information content (AvgIpc) is 2.58. The lowest BCUT2D eigenvalue weighted by Crippen LogP contribution is -2.39. The maximum atomic E-state index is 11.8. The van der Waals surface area contributed by atoms with E-state index in [1.54, 1.807) is 6.07 Å². The molecule has 2 rings (SSSR count). The average molecular weight is 300 g/mol. The molecule has 1 saturated heterocycles. The van der Waals surface area contributed by atoms with Gasteiger partial charge in [-0.3, -0.25) is 4.79 Å². The van der Waals surface area contributed by atoms with Crippen LogP contribution >= 0.6 is 23.2 Å². The number of nitrogens with one attached hydrogen (secondary N) is 1. The molecule has 0 bridgehead atoms. The van der Waals surface area contributed by atoms with Crippen molar-refractivity contribution in [1.29, 1.82) is 0 Å². The Labute approximate surface area is 124 Å². The van der Waals surface area contributed by atoms with Gasteiger partial charge in [-0.25, -0.2) is 0 Å². The third-order valence-corrected chi connectivity index (χ3v) is 4.66. The van der Waals surface area contributed by atoms with Gasteiger partial charge in [0, 0.05) is 17.9 Å². The summed E-state index contributed by atoms with van der Waals surface area (Å²) in [5.74, 6) is 0.643. The van der Waals surface area contributed by atoms with Crippen molar-refractivity contribution < 1.29 is 4.79 Å². The van der Waals surface area contributed by atoms with Gasteiger partial charge in [0.15, 0.2) is 0 Å². The fourth-order valence-corrected chi connectivity index (χ4v) is 3.10. The van der Waals surface area contributed by atoms with Gasteiger partial charge in [-0.05, 0) is 30.0 Å². The van der Waals surface area contributed by atoms with Gasteiger partial charge in [0.05, 0.1) is 10.0 Å². The first-order valence-electron chi connectivity index (χ1n) is 6.58. The van der Waals surface area contributed by atoms with Crippen LogP contribution in [0.3, 0.4) is 0 Å². The predicted octanol–water partition coefficient (Wildman–Crippen LogP) is 4.19. The molecule has 2 atom stereocenters. The molecule has 1 amide bonds. The number of hydrogen-bond donors (Lipinski definition) is 1. The second-order valence-corrected chi connectivity index (χ2v) is 6.79. The quantitative estimate of drug-likeness (QED) is 0.891. The molecular weight excluding hydrogens is 281 g/mol. The van der Waals surface area contributed by atoms with Crippen LogP contribution in [0.25, 0.3) is 0 Å². The van der Waals surface area contributed by atoms with Crippen molar-refractivity contribution in [3.63, 3.8) is 0 Å². The summed E-state index contributed by atoms with van der Waals surface area (Å²) < 4.78 is 0. The highest BCUT2D eigenvalue weighted by Crippen LogP contribution is 2.40. The van der Waals surface area contributed by atoms with Gasteiger partial charge in [0.25, 0.3) is 0 Å². The Kier molecular flexibility index (Phi) is 4.12. The molecule has 4 heteroatoms. The molecule has 1 aliphatic rings. The Balaban J connectivity index is 2.37. The van der Waals surface area contributed by atoms with Gasteiger partial charge in [0.1, 0.15) is 0 Å². The number of hydrogen-bond acceptors (Lipinski definition) is 1. The van der Waals surface area contributed by atoms with E-state index in [1.165, 1.54) is 0 Å². The summed E-state index contributed by atoms with van der Waals surface area (Å²) in [7, 11) is 0. The van der Waals surface area contributed by atoms with Crippen molar-refractivity contribution in [2.24, 2.45) is 5.92 Å². The fraction of sp³-hybridized carbons (Fsp3) is 0.533. The van der Waals surface area contributed by atoms with Crippen LogP contribution in [0.5, 0.6) is 0 Å². The molecule has 2 nitrogen and oxygen atoms in total. The van der Waals surface area contributed by atoms with E-state index < -0.39 is 0 Å². The first-order chi connectivity index (χ1) is 8.83. The number of halogens is 2. The fourth-order valence-electron chi connectivity index (χ4n) is 2.81. The zero-order chi connectivity index (χ0) is 14.2. The number of carbonyl (C=O) groups is 1. The van der Waals surface area contributed by atoms with E-state index in [1.807, 2.05) is 12.1 Å². The van der Waals surface area contributed by atoms with Crippen LogP contribution in [0.15, 0.2) is 18.2 Å². The molecule has 1 aromatic carbocycles. The maximum Gasteiger partial charge on any atom is 0.221 e. The highest BCUT2D eigenvalue weighted by Gasteiger charge is 2.44. The minimum Gasteiger partial charge on any atom is -0.352 e. The molecule has 1 heterocycles. The van der Waals surface area contributed by atoms with Crippen LogP contribution in [-0.4, -0.2) is 11.9 Å². The molecular formula is C15H19Cl2NO. The summed E-state index contributed by atoms with van der Waals surface area (Å²) in [6, 6.07) is 5.82. The van der Waals surface area contributed by atoms with E-state index >= 15 is 0 Å². The first kappa shape index (κ1) is 14.7. The van der Waals surface area contributed by atoms with Crippen molar-refractivity contribution in [3.8, 4) is 0 Å². The van der Waals surface area contributed by atoms with Gasteiger partial charge in [-0.15, -0.1) is 0 Å². The monoisotopic (exact) mass is 299 g/mol. The molecule has 1 N–H and O–H groups in total. The molecule has 1 fully saturated rings. The summed E-state index contributed by atoms with van der Waals surface area (Å²) in [6.45, 7) is 6.46. The largest absolute Gasteiger partial charge is 0.352 e. The van der Waals surface area contributed by atoms with Crippen LogP contribution < -0.4 is 5.32 Å². The summed E-state index contributed by atoms with van der Waals surface area (Å²) in [4.78, 5) is 11.8. The molecule has 2 unspecified atom stereocenters. The summed E-state index contributed by atoms with van der Waals surface area (Å²) >= 11 is 12.1. The van der Waals surface area contributed by atoms with E-state index in [4.69, 9.17) is 23.2 Å². The lowest BCUT2D eigenvalue weighted by Gasteiger charge is -2.32. The smallest absolute Gasteiger partial charge is 0.221 e. The van der Waals surface area contributed by atoms with E-state index in [-0.39, 0.29) is 17.4 Å². The Morgan fingerprint density at radius 1 is 1.37 bits per heavy atom. The van der Waals surface area contributed by atoms with Crippen molar-refractivity contribution >= 4 is 29.1 Å². The molecule has 1 aliphatic heterocycles. The minimum atomic E-state index is -0.213. The third kappa shape index (κ3) is 2.90. The van der Waals surface area contributed by atoms with Crippen molar-refractivity contribution in [1.82, 2.24) is 5.32 Å². The SMILES string of the molecule is CC(C)CC1NC(=O)CC1(C)c1ccc(Cl)c(Cl)c1. The van der Waals surface area contributed by atoms with Crippen molar-refractivity contribution in [3.05, 3.63) is 33.8 Å². The highest BCUT2D eigenvalue weighted by atomic mass is 35.5. The van der Waals surface area contributed by atoms with Gasteiger partial charge in [-0.1, -0.05) is 50.0 Å². The van der Waals surface area contributed by atoms with E-state index in [9.17, 15) is 4.79 Å². The van der Waals surface area contributed by atoms with Gasteiger partial charge in [-0.2, -0.15) is 0 Å². The van der Waals surface area contributed by atoms with E-state index in [0.29, 0.717) is 22.4 Å². The molecule has 0 aliphatic carbocycles. The molecule has 0 spiro atoms. The van der Waals surface area contributed by atoms with Crippen LogP contribution in [-0.2, 0) is 10.2 Å². The van der Waals surface area contributed by atoms with Gasteiger partial charge in [0.2, 0.25) is 5.91 Å². The van der Waals surface area contributed by atoms with Crippen molar-refractivity contribution in [2.45, 2.75) is 45.1 Å². The highest BCUT2D eigenvalue weighted by molar-refractivity contribution is 6.42. The molecule has 19 heavy (non-hydrogen) atoms. The normalized spacial score (nSPS) is 26.8. The molecule has 0 saturated carbocycles. The second kappa shape index (κ2) is 5.34. The number of rotatable bonds is 3. The third-order valence-electron chi connectivity index (χ3n) is 3.92. The Bertz CT molecular complexity index is 501. The Morgan fingerprint density at radius 2 is 2.05 bits per heavy atom. The molecule has 1 aromatic rings. The lowest BCUT2D eigenvalue weighted by molar-refractivity contribution is -0.119. The predicted molar refractivity (Wildman–Crippen MR) is 79.8 cm³/mol. The second-order valence-electron chi connectivity index (χ2n) is 5.97. The van der Waals surface area contributed by atoms with Crippen LogP contribution in [0.2, 0.25) is 10.0 Å². The van der Waals surface area contributed by atoms with Crippen LogP contribution in [0.1, 0.15) is 39.2 Å². The lowest BCUT2D eigenvalue weighted by atomic mass is 9.73. The van der Waals surface area contributed by atoms with E-state index in [0.717, 1.165) is 12.0 Å². The zero-order valence-electron chi connectivity index (χ0n) is 11.5. The topological polar surface area (TPSA) is 29.1 Å². The summed E-state index contributed by atoms with van der Waals surface area (Å²) in [6.07, 6.45) is 1.46. The number of amides is 1. The standard InChI is InChI=1S/C15H19Cl2NO/c1-9(2)6-13-15(3,8-14(19)18-13)10-4-5-11(16)12(17)7-10/h4-5,7,9,13H,6,8H2,1-3H3,(H,18,19). The molecule has 104 valence electrons. The number of benzene rings is 1. The maximum absolute atomic E-state index is 11.8. The van der Waals surface area contributed by atoms with Crippen molar-refractivity contribution in [2.75, 3.05) is 0 Å². The number of carbonyl (C=O) groups excluding carboxylic acids is 1. The first-order valence-corrected chi connectivity index (χ1v) is 7.33. The Hall–Kier alpha value is -0.730. The zero-order valence-corrected chi connectivity index (χ0v) is 13.0. The van der Waals surface area contributed by atoms with Gasteiger partial charge < -0.3 is 5.32 Å². The summed E-state index contributed by atoms with van der Waals surface area (Å²) in [5, 5.41) is 4.19. The van der Waals surface area contributed by atoms with Gasteiger partial charge >= 0.3 is 0 Å². The van der Waals surface area contributed by atoms with Crippen LogP contribution in [0, 0.1) is 5.92 Å². The Morgan fingerprint density at radius 3 is 2.63 bits per heavy atom. The van der Waals surface area contributed by atoms with E-state index in [2.05, 4.69) is 26.1 Å². The van der Waals surface area contributed by atoms with Crippen LogP contribution in [0.4, 0.5) is 0 Å².